The van der Waals surface area contributed by atoms with Crippen LogP contribution < -0.4 is 5.73 Å². The van der Waals surface area contributed by atoms with Gasteiger partial charge in [0.05, 0.1) is 0 Å². The fourth-order valence-corrected chi connectivity index (χ4v) is 3.48. The zero-order valence-electron chi connectivity index (χ0n) is 14.0. The molecule has 2 N–H and O–H groups in total. The van der Waals surface area contributed by atoms with Crippen molar-refractivity contribution in [2.45, 2.75) is 32.0 Å². The molecule has 1 aliphatic heterocycles. The van der Waals surface area contributed by atoms with Crippen molar-refractivity contribution in [3.05, 3.63) is 65.7 Å². The fourth-order valence-electron chi connectivity index (χ4n) is 3.48. The van der Waals surface area contributed by atoms with Gasteiger partial charge in [-0.15, -0.1) is 0 Å². The molecular weight excluding hydrogens is 282 g/mol. The molecule has 0 amide bonds. The van der Waals surface area contributed by atoms with Gasteiger partial charge in [-0.05, 0) is 49.7 Å². The van der Waals surface area contributed by atoms with E-state index in [1.54, 1.807) is 0 Å². The maximum Gasteiger partial charge on any atom is 0.0317 e. The lowest BCUT2D eigenvalue weighted by atomic mass is 10.0. The van der Waals surface area contributed by atoms with Crippen molar-refractivity contribution in [3.63, 3.8) is 0 Å². The van der Waals surface area contributed by atoms with Crippen LogP contribution in [0.15, 0.2) is 54.6 Å². The number of piperidine rings is 1. The van der Waals surface area contributed by atoms with Gasteiger partial charge in [-0.2, -0.15) is 0 Å². The number of likely N-dealkylation sites (N-methyl/N-ethyl adjacent to an activating group) is 1. The van der Waals surface area contributed by atoms with E-state index in [-0.39, 0.29) is 0 Å². The summed E-state index contributed by atoms with van der Waals surface area (Å²) in [5.74, 6) is 0. The summed E-state index contributed by atoms with van der Waals surface area (Å²) in [5, 5.41) is 0. The fraction of sp³-hybridized carbons (Fsp3) is 0.400. The minimum Gasteiger partial charge on any atom is -0.399 e. The number of hydrogen-bond acceptors (Lipinski definition) is 3. The zero-order valence-corrected chi connectivity index (χ0v) is 14.0. The smallest absolute Gasteiger partial charge is 0.0317 e. The van der Waals surface area contributed by atoms with Gasteiger partial charge in [0.2, 0.25) is 0 Å². The first-order chi connectivity index (χ1) is 11.2. The summed E-state index contributed by atoms with van der Waals surface area (Å²) in [4.78, 5) is 5.06. The quantitative estimate of drug-likeness (QED) is 0.860. The van der Waals surface area contributed by atoms with E-state index in [0.717, 1.165) is 25.3 Å². The molecule has 3 nitrogen and oxygen atoms in total. The van der Waals surface area contributed by atoms with Crippen molar-refractivity contribution in [1.82, 2.24) is 9.80 Å². The summed E-state index contributed by atoms with van der Waals surface area (Å²) in [6.07, 6.45) is 2.56. The number of hydrogen-bond donors (Lipinski definition) is 1. The Hall–Kier alpha value is -1.84. The normalized spacial score (nSPS) is 19.1. The topological polar surface area (TPSA) is 32.5 Å². The molecule has 2 aromatic rings. The van der Waals surface area contributed by atoms with E-state index in [1.165, 1.54) is 30.5 Å². The Morgan fingerprint density at radius 1 is 1.09 bits per heavy atom. The van der Waals surface area contributed by atoms with Crippen molar-refractivity contribution >= 4 is 5.69 Å². The summed E-state index contributed by atoms with van der Waals surface area (Å²) in [6, 6.07) is 19.6. The van der Waals surface area contributed by atoms with Gasteiger partial charge in [-0.3, -0.25) is 9.80 Å². The highest BCUT2D eigenvalue weighted by atomic mass is 15.2. The molecule has 0 aromatic heterocycles. The Morgan fingerprint density at radius 2 is 1.87 bits per heavy atom. The third kappa shape index (κ3) is 4.57. The molecule has 0 bridgehead atoms. The molecule has 1 saturated heterocycles. The van der Waals surface area contributed by atoms with Crippen molar-refractivity contribution in [2.24, 2.45) is 0 Å². The highest BCUT2D eigenvalue weighted by Crippen LogP contribution is 2.19. The van der Waals surface area contributed by atoms with Crippen LogP contribution in [0.1, 0.15) is 24.0 Å². The molecule has 23 heavy (non-hydrogen) atoms. The molecule has 1 heterocycles. The zero-order chi connectivity index (χ0) is 16.1. The Morgan fingerprint density at radius 3 is 2.65 bits per heavy atom. The van der Waals surface area contributed by atoms with Crippen LogP contribution in [0.25, 0.3) is 0 Å². The molecule has 1 atom stereocenters. The molecule has 2 aromatic carbocycles. The molecule has 3 heteroatoms. The molecule has 0 aliphatic carbocycles. The van der Waals surface area contributed by atoms with Crippen LogP contribution in [0, 0.1) is 0 Å². The minimum atomic E-state index is 0.619. The molecular formula is C20H27N3. The van der Waals surface area contributed by atoms with E-state index in [9.17, 15) is 0 Å². The Balaban J connectivity index is 1.57. The maximum absolute atomic E-state index is 5.89. The lowest BCUT2D eigenvalue weighted by Crippen LogP contribution is -2.45. The number of nitrogens with two attached hydrogens (primary N) is 1. The molecule has 0 saturated carbocycles. The molecule has 0 spiro atoms. The largest absolute Gasteiger partial charge is 0.399 e. The third-order valence-corrected chi connectivity index (χ3v) is 4.74. The average Bonchev–Trinajstić information content (AvgIpc) is 2.56. The summed E-state index contributed by atoms with van der Waals surface area (Å²) in [7, 11) is 2.24. The number of likely N-dealkylation sites (tertiary alicyclic amines) is 1. The van der Waals surface area contributed by atoms with Crippen LogP contribution in [-0.2, 0) is 13.1 Å². The second-order valence-electron chi connectivity index (χ2n) is 6.68. The first-order valence-corrected chi connectivity index (χ1v) is 8.51. The van der Waals surface area contributed by atoms with Crippen LogP contribution in [0.4, 0.5) is 5.69 Å². The van der Waals surface area contributed by atoms with Crippen molar-refractivity contribution < 1.29 is 0 Å². The minimum absolute atomic E-state index is 0.619. The maximum atomic E-state index is 5.89. The Kier molecular flexibility index (Phi) is 5.31. The lowest BCUT2D eigenvalue weighted by Gasteiger charge is -2.37. The highest BCUT2D eigenvalue weighted by molar-refractivity contribution is 5.40. The van der Waals surface area contributed by atoms with Crippen LogP contribution >= 0.6 is 0 Å². The van der Waals surface area contributed by atoms with E-state index in [1.807, 2.05) is 12.1 Å². The number of nitrogen functional groups attached to an aromatic ring is 1. The van der Waals surface area contributed by atoms with E-state index in [0.29, 0.717) is 6.04 Å². The number of anilines is 1. The van der Waals surface area contributed by atoms with Crippen LogP contribution in [0.3, 0.4) is 0 Å². The van der Waals surface area contributed by atoms with Crippen LogP contribution in [0.2, 0.25) is 0 Å². The lowest BCUT2D eigenvalue weighted by molar-refractivity contribution is 0.107. The third-order valence-electron chi connectivity index (χ3n) is 4.74. The molecule has 1 aliphatic rings. The SMILES string of the molecule is CN(Cc1cccc(N)c1)C1CCCN(Cc2ccccc2)C1. The summed E-state index contributed by atoms with van der Waals surface area (Å²) >= 11 is 0. The predicted octanol–water partition coefficient (Wildman–Crippen LogP) is 3.37. The van der Waals surface area contributed by atoms with Crippen LogP contribution in [0.5, 0.6) is 0 Å². The first-order valence-electron chi connectivity index (χ1n) is 8.51. The average molecular weight is 309 g/mol. The van der Waals surface area contributed by atoms with Crippen molar-refractivity contribution in [2.75, 3.05) is 25.9 Å². The first kappa shape index (κ1) is 16.0. The molecule has 3 rings (SSSR count). The van der Waals surface area contributed by atoms with Crippen LogP contribution in [-0.4, -0.2) is 36.0 Å². The van der Waals surface area contributed by atoms with E-state index < -0.39 is 0 Å². The van der Waals surface area contributed by atoms with Gasteiger partial charge in [-0.25, -0.2) is 0 Å². The van der Waals surface area contributed by atoms with Gasteiger partial charge in [0, 0.05) is 31.4 Å². The summed E-state index contributed by atoms with van der Waals surface area (Å²) in [6.45, 7) is 4.38. The second kappa shape index (κ2) is 7.62. The second-order valence-corrected chi connectivity index (χ2v) is 6.68. The number of nitrogens with zero attached hydrogens (tertiary/aromatic N) is 2. The number of rotatable bonds is 5. The van der Waals surface area contributed by atoms with E-state index in [2.05, 4.69) is 59.3 Å². The summed E-state index contributed by atoms with van der Waals surface area (Å²) in [5.41, 5.74) is 9.45. The standard InChI is InChI=1S/C20H27N3/c1-22(14-18-9-5-10-19(21)13-18)20-11-6-12-23(16-20)15-17-7-3-2-4-8-17/h2-5,7-10,13,20H,6,11-12,14-16,21H2,1H3. The molecule has 0 radical (unpaired) electrons. The monoisotopic (exact) mass is 309 g/mol. The van der Waals surface area contributed by atoms with Crippen molar-refractivity contribution in [3.8, 4) is 0 Å². The molecule has 1 unspecified atom stereocenters. The van der Waals surface area contributed by atoms with E-state index >= 15 is 0 Å². The predicted molar refractivity (Wildman–Crippen MR) is 97.1 cm³/mol. The van der Waals surface area contributed by atoms with Gasteiger partial charge in [0.1, 0.15) is 0 Å². The van der Waals surface area contributed by atoms with Gasteiger partial charge >= 0.3 is 0 Å². The van der Waals surface area contributed by atoms with Gasteiger partial charge in [-0.1, -0.05) is 42.5 Å². The van der Waals surface area contributed by atoms with Gasteiger partial charge in [0.25, 0.3) is 0 Å². The van der Waals surface area contributed by atoms with E-state index in [4.69, 9.17) is 5.73 Å². The van der Waals surface area contributed by atoms with Crippen molar-refractivity contribution in [1.29, 1.82) is 0 Å². The number of benzene rings is 2. The Bertz CT molecular complexity index is 611. The summed E-state index contributed by atoms with van der Waals surface area (Å²) < 4.78 is 0. The molecule has 1 fully saturated rings. The highest BCUT2D eigenvalue weighted by Gasteiger charge is 2.23. The Labute approximate surface area is 139 Å². The van der Waals surface area contributed by atoms with Gasteiger partial charge in [0.15, 0.2) is 0 Å². The molecule has 122 valence electrons. The van der Waals surface area contributed by atoms with Gasteiger partial charge < -0.3 is 5.73 Å².